The molecule has 2 rings (SSSR count). The number of hydrogen-bond donors (Lipinski definition) is 1. The second-order valence-corrected chi connectivity index (χ2v) is 4.86. The first kappa shape index (κ1) is 16.8. The van der Waals surface area contributed by atoms with Crippen molar-refractivity contribution >= 4 is 5.91 Å². The van der Waals surface area contributed by atoms with Crippen LogP contribution in [0.4, 0.5) is 13.2 Å². The highest BCUT2D eigenvalue weighted by molar-refractivity contribution is 5.77. The highest BCUT2D eigenvalue weighted by atomic mass is 19.4. The lowest BCUT2D eigenvalue weighted by molar-refractivity contribution is -0.137. The summed E-state index contributed by atoms with van der Waals surface area (Å²) in [5, 5.41) is 2.66. The first-order chi connectivity index (χ1) is 10.9. The standard InChI is InChI=1S/C16H15F3N2O2/c1-11(14-7-2-3-8-20-14)21-15(22)10-23-13-6-4-5-12(9-13)16(17,18)19/h2-9,11H,10H2,1H3,(H,21,22). The molecule has 0 spiro atoms. The molecule has 0 aliphatic carbocycles. The van der Waals surface area contributed by atoms with Crippen LogP contribution in [0.2, 0.25) is 0 Å². The van der Waals surface area contributed by atoms with Gasteiger partial charge < -0.3 is 10.1 Å². The van der Waals surface area contributed by atoms with Gasteiger partial charge in [-0.3, -0.25) is 9.78 Å². The van der Waals surface area contributed by atoms with Gasteiger partial charge >= 0.3 is 6.18 Å². The maximum atomic E-state index is 12.6. The third-order valence-corrected chi connectivity index (χ3v) is 3.04. The van der Waals surface area contributed by atoms with E-state index in [4.69, 9.17) is 4.74 Å². The number of carbonyl (C=O) groups is 1. The number of carbonyl (C=O) groups excluding carboxylic acids is 1. The summed E-state index contributed by atoms with van der Waals surface area (Å²) in [6, 6.07) is 9.38. The van der Waals surface area contributed by atoms with Crippen LogP contribution in [0.5, 0.6) is 5.75 Å². The fraction of sp³-hybridized carbons (Fsp3) is 0.250. The molecule has 4 nitrogen and oxygen atoms in total. The average Bonchev–Trinajstić information content (AvgIpc) is 2.53. The normalized spacial score (nSPS) is 12.5. The zero-order valence-electron chi connectivity index (χ0n) is 12.3. The van der Waals surface area contributed by atoms with Crippen LogP contribution in [0.3, 0.4) is 0 Å². The monoisotopic (exact) mass is 324 g/mol. The number of nitrogens with zero attached hydrogens (tertiary/aromatic N) is 1. The van der Waals surface area contributed by atoms with Crippen LogP contribution in [-0.4, -0.2) is 17.5 Å². The maximum Gasteiger partial charge on any atom is 0.416 e. The molecule has 0 aliphatic rings. The Morgan fingerprint density at radius 2 is 2.04 bits per heavy atom. The minimum absolute atomic E-state index is 0.0135. The van der Waals surface area contributed by atoms with Crippen LogP contribution < -0.4 is 10.1 Å². The Hall–Kier alpha value is -2.57. The maximum absolute atomic E-state index is 12.6. The molecule has 2 aromatic rings. The average molecular weight is 324 g/mol. The lowest BCUT2D eigenvalue weighted by Gasteiger charge is -2.14. The lowest BCUT2D eigenvalue weighted by atomic mass is 10.2. The molecule has 0 bridgehead atoms. The Balaban J connectivity index is 1.90. The van der Waals surface area contributed by atoms with Crippen LogP contribution in [0, 0.1) is 0 Å². The number of alkyl halides is 3. The van der Waals surface area contributed by atoms with Crippen molar-refractivity contribution in [3.05, 3.63) is 59.9 Å². The third-order valence-electron chi connectivity index (χ3n) is 3.04. The Labute approximate surface area is 131 Å². The van der Waals surface area contributed by atoms with Crippen molar-refractivity contribution in [3.8, 4) is 5.75 Å². The predicted molar refractivity (Wildman–Crippen MR) is 77.7 cm³/mol. The Bertz CT molecular complexity index is 660. The molecular formula is C16H15F3N2O2. The third kappa shape index (κ3) is 4.98. The molecule has 1 aromatic heterocycles. The summed E-state index contributed by atoms with van der Waals surface area (Å²) in [7, 11) is 0. The van der Waals surface area contributed by atoms with E-state index in [9.17, 15) is 18.0 Å². The van der Waals surface area contributed by atoms with Gasteiger partial charge in [0.15, 0.2) is 6.61 Å². The minimum atomic E-state index is -4.45. The highest BCUT2D eigenvalue weighted by Gasteiger charge is 2.30. The van der Waals surface area contributed by atoms with Gasteiger partial charge in [0.2, 0.25) is 0 Å². The highest BCUT2D eigenvalue weighted by Crippen LogP contribution is 2.31. The van der Waals surface area contributed by atoms with E-state index in [-0.39, 0.29) is 18.4 Å². The minimum Gasteiger partial charge on any atom is -0.484 e. The van der Waals surface area contributed by atoms with E-state index < -0.39 is 17.6 Å². The van der Waals surface area contributed by atoms with Gasteiger partial charge in [-0.25, -0.2) is 0 Å². The molecule has 0 aliphatic heterocycles. The molecule has 122 valence electrons. The molecule has 1 N–H and O–H groups in total. The number of pyridine rings is 1. The molecule has 1 atom stereocenters. The number of halogens is 3. The molecule has 23 heavy (non-hydrogen) atoms. The number of amides is 1. The topological polar surface area (TPSA) is 51.2 Å². The quantitative estimate of drug-likeness (QED) is 0.917. The summed E-state index contributed by atoms with van der Waals surface area (Å²) in [6.45, 7) is 1.38. The van der Waals surface area contributed by atoms with E-state index in [1.54, 1.807) is 31.3 Å². The van der Waals surface area contributed by atoms with Gasteiger partial charge in [-0.2, -0.15) is 13.2 Å². The summed E-state index contributed by atoms with van der Waals surface area (Å²) < 4.78 is 42.9. The Kier molecular flexibility index (Phi) is 5.20. The van der Waals surface area contributed by atoms with Crippen molar-refractivity contribution in [1.29, 1.82) is 0 Å². The molecule has 0 saturated heterocycles. The van der Waals surface area contributed by atoms with Crippen LogP contribution in [0.1, 0.15) is 24.2 Å². The SMILES string of the molecule is CC(NC(=O)COc1cccc(C(F)(F)F)c1)c1ccccn1. The summed E-state index contributed by atoms with van der Waals surface area (Å²) in [5.41, 5.74) is -0.141. The first-order valence-corrected chi connectivity index (χ1v) is 6.86. The molecule has 1 unspecified atom stereocenters. The Morgan fingerprint density at radius 1 is 1.26 bits per heavy atom. The smallest absolute Gasteiger partial charge is 0.416 e. The van der Waals surface area contributed by atoms with Gasteiger partial charge in [-0.05, 0) is 37.3 Å². The fourth-order valence-electron chi connectivity index (χ4n) is 1.90. The van der Waals surface area contributed by atoms with Gasteiger partial charge in [-0.1, -0.05) is 12.1 Å². The molecule has 7 heteroatoms. The van der Waals surface area contributed by atoms with Gasteiger partial charge in [0, 0.05) is 6.20 Å². The molecule has 1 aromatic carbocycles. The number of benzene rings is 1. The zero-order chi connectivity index (χ0) is 16.9. The first-order valence-electron chi connectivity index (χ1n) is 6.86. The van der Waals surface area contributed by atoms with Crippen molar-refractivity contribution in [2.45, 2.75) is 19.1 Å². The van der Waals surface area contributed by atoms with Gasteiger partial charge in [0.05, 0.1) is 17.3 Å². The van der Waals surface area contributed by atoms with Crippen molar-refractivity contribution in [2.75, 3.05) is 6.61 Å². The van der Waals surface area contributed by atoms with Gasteiger partial charge in [0.1, 0.15) is 5.75 Å². The van der Waals surface area contributed by atoms with Crippen LogP contribution in [-0.2, 0) is 11.0 Å². The van der Waals surface area contributed by atoms with E-state index in [1.807, 2.05) is 0 Å². The second kappa shape index (κ2) is 7.13. The number of nitrogens with one attached hydrogen (secondary N) is 1. The number of hydrogen-bond acceptors (Lipinski definition) is 3. The summed E-state index contributed by atoms with van der Waals surface area (Å²) in [6.07, 6.45) is -2.84. The van der Waals surface area contributed by atoms with Crippen molar-refractivity contribution < 1.29 is 22.7 Å². The second-order valence-electron chi connectivity index (χ2n) is 4.86. The number of aromatic nitrogens is 1. The largest absolute Gasteiger partial charge is 0.484 e. The Morgan fingerprint density at radius 3 is 2.70 bits per heavy atom. The van der Waals surface area contributed by atoms with Crippen molar-refractivity contribution in [3.63, 3.8) is 0 Å². The van der Waals surface area contributed by atoms with Crippen LogP contribution >= 0.6 is 0 Å². The van der Waals surface area contributed by atoms with E-state index >= 15 is 0 Å². The molecule has 1 heterocycles. The van der Waals surface area contributed by atoms with Crippen molar-refractivity contribution in [2.24, 2.45) is 0 Å². The molecule has 1 amide bonds. The van der Waals surface area contributed by atoms with E-state index in [0.717, 1.165) is 12.1 Å². The molecular weight excluding hydrogens is 309 g/mol. The lowest BCUT2D eigenvalue weighted by Crippen LogP contribution is -2.31. The van der Waals surface area contributed by atoms with Crippen LogP contribution in [0.15, 0.2) is 48.7 Å². The summed E-state index contributed by atoms with van der Waals surface area (Å²) >= 11 is 0. The zero-order valence-corrected chi connectivity index (χ0v) is 12.3. The van der Waals surface area contributed by atoms with Crippen molar-refractivity contribution in [1.82, 2.24) is 10.3 Å². The van der Waals surface area contributed by atoms with Crippen LogP contribution in [0.25, 0.3) is 0 Å². The van der Waals surface area contributed by atoms with E-state index in [0.29, 0.717) is 5.69 Å². The molecule has 0 radical (unpaired) electrons. The number of rotatable bonds is 5. The van der Waals surface area contributed by atoms with Gasteiger partial charge in [-0.15, -0.1) is 0 Å². The fourth-order valence-corrected chi connectivity index (χ4v) is 1.90. The molecule has 0 fully saturated rings. The predicted octanol–water partition coefficient (Wildman–Crippen LogP) is 3.36. The summed E-state index contributed by atoms with van der Waals surface area (Å²) in [5.74, 6) is -0.457. The molecule has 0 saturated carbocycles. The van der Waals surface area contributed by atoms with E-state index in [2.05, 4.69) is 10.3 Å². The summed E-state index contributed by atoms with van der Waals surface area (Å²) in [4.78, 5) is 15.9. The number of ether oxygens (including phenoxy) is 1. The van der Waals surface area contributed by atoms with E-state index in [1.165, 1.54) is 12.1 Å². The van der Waals surface area contributed by atoms with Gasteiger partial charge in [0.25, 0.3) is 5.91 Å².